The van der Waals surface area contributed by atoms with E-state index in [4.69, 9.17) is 9.47 Å². The van der Waals surface area contributed by atoms with Crippen molar-refractivity contribution in [1.29, 1.82) is 0 Å². The minimum Gasteiger partial charge on any atom is -0.497 e. The Kier molecular flexibility index (Phi) is 4.33. The highest BCUT2D eigenvalue weighted by Crippen LogP contribution is 2.26. The van der Waals surface area contributed by atoms with Crippen LogP contribution in [0.1, 0.15) is 28.5 Å². The molecule has 0 bridgehead atoms. The van der Waals surface area contributed by atoms with Crippen LogP contribution >= 0.6 is 0 Å². The molecule has 0 radical (unpaired) electrons. The molecule has 4 nitrogen and oxygen atoms in total. The summed E-state index contributed by atoms with van der Waals surface area (Å²) in [6.45, 7) is 2.16. The highest BCUT2D eigenvalue weighted by atomic mass is 16.5. The van der Waals surface area contributed by atoms with E-state index in [0.717, 1.165) is 27.8 Å². The van der Waals surface area contributed by atoms with Gasteiger partial charge in [0.05, 0.1) is 13.7 Å². The second kappa shape index (κ2) is 6.57. The van der Waals surface area contributed by atoms with Crippen LogP contribution in [-0.4, -0.2) is 24.7 Å². The van der Waals surface area contributed by atoms with Gasteiger partial charge in [-0.2, -0.15) is 0 Å². The van der Waals surface area contributed by atoms with Crippen LogP contribution in [0.3, 0.4) is 0 Å². The Balaban J connectivity index is 2.06. The molecule has 0 aliphatic rings. The summed E-state index contributed by atoms with van der Waals surface area (Å²) < 4.78 is 10.5. The molecule has 23 heavy (non-hydrogen) atoms. The zero-order valence-electron chi connectivity index (χ0n) is 13.3. The Bertz CT molecular complexity index is 836. The van der Waals surface area contributed by atoms with E-state index >= 15 is 0 Å². The third-order valence-electron chi connectivity index (χ3n) is 3.81. The molecule has 118 valence electrons. The number of aromatic nitrogens is 1. The lowest BCUT2D eigenvalue weighted by Crippen LogP contribution is -2.08. The van der Waals surface area contributed by atoms with E-state index in [9.17, 15) is 4.79 Å². The van der Waals surface area contributed by atoms with E-state index in [-0.39, 0.29) is 5.97 Å². The van der Waals surface area contributed by atoms with Gasteiger partial charge in [0.1, 0.15) is 11.4 Å². The Labute approximate surface area is 135 Å². The van der Waals surface area contributed by atoms with E-state index in [1.54, 1.807) is 7.11 Å². The molecule has 2 aromatic carbocycles. The van der Waals surface area contributed by atoms with Crippen molar-refractivity contribution in [2.45, 2.75) is 13.3 Å². The van der Waals surface area contributed by atoms with E-state index in [1.807, 2.05) is 55.5 Å². The second-order valence-corrected chi connectivity index (χ2v) is 5.27. The fraction of sp³-hybridized carbons (Fsp3) is 0.211. The third-order valence-corrected chi connectivity index (χ3v) is 3.81. The van der Waals surface area contributed by atoms with Crippen molar-refractivity contribution in [2.24, 2.45) is 0 Å². The van der Waals surface area contributed by atoms with Gasteiger partial charge in [0, 0.05) is 17.3 Å². The molecule has 0 spiro atoms. The van der Waals surface area contributed by atoms with Crippen LogP contribution in [0.25, 0.3) is 10.9 Å². The predicted octanol–water partition coefficient (Wildman–Crippen LogP) is 3.94. The van der Waals surface area contributed by atoms with Gasteiger partial charge in [0.15, 0.2) is 0 Å². The number of hydrogen-bond acceptors (Lipinski definition) is 3. The molecule has 3 rings (SSSR count). The largest absolute Gasteiger partial charge is 0.497 e. The van der Waals surface area contributed by atoms with Gasteiger partial charge in [0.2, 0.25) is 0 Å². The van der Waals surface area contributed by atoms with E-state index in [1.165, 1.54) is 0 Å². The summed E-state index contributed by atoms with van der Waals surface area (Å²) in [7, 11) is 1.65. The quantitative estimate of drug-likeness (QED) is 0.726. The molecule has 0 aliphatic heterocycles. The van der Waals surface area contributed by atoms with Gasteiger partial charge in [-0.1, -0.05) is 30.3 Å². The molecule has 1 heterocycles. The zero-order valence-corrected chi connectivity index (χ0v) is 13.3. The summed E-state index contributed by atoms with van der Waals surface area (Å²) >= 11 is 0. The van der Waals surface area contributed by atoms with Crippen LogP contribution in [0, 0.1) is 0 Å². The number of hydrogen-bond donors (Lipinski definition) is 1. The highest BCUT2D eigenvalue weighted by molar-refractivity contribution is 5.98. The van der Waals surface area contributed by atoms with Crippen LogP contribution in [-0.2, 0) is 11.2 Å². The van der Waals surface area contributed by atoms with Crippen molar-refractivity contribution in [2.75, 3.05) is 13.7 Å². The number of benzene rings is 2. The summed E-state index contributed by atoms with van der Waals surface area (Å²) in [5, 5.41) is 1.04. The summed E-state index contributed by atoms with van der Waals surface area (Å²) in [6, 6.07) is 15.8. The number of ether oxygens (including phenoxy) is 2. The number of rotatable bonds is 5. The molecule has 0 saturated carbocycles. The SMILES string of the molecule is CCOC(=O)c1[nH]c2ccccc2c1Cc1cccc(OC)c1. The van der Waals surface area contributed by atoms with Gasteiger partial charge < -0.3 is 14.5 Å². The third kappa shape index (κ3) is 3.06. The van der Waals surface area contributed by atoms with Gasteiger partial charge in [-0.3, -0.25) is 0 Å². The number of carbonyl (C=O) groups is 1. The zero-order chi connectivity index (χ0) is 16.2. The number of para-hydroxylation sites is 1. The average Bonchev–Trinajstić information content (AvgIpc) is 2.94. The Morgan fingerprint density at radius 2 is 1.96 bits per heavy atom. The van der Waals surface area contributed by atoms with E-state index in [0.29, 0.717) is 18.7 Å². The molecule has 0 aliphatic carbocycles. The average molecular weight is 309 g/mol. The first-order valence-corrected chi connectivity index (χ1v) is 7.62. The van der Waals surface area contributed by atoms with Crippen molar-refractivity contribution in [3.8, 4) is 5.75 Å². The molecule has 4 heteroatoms. The molecule has 0 atom stereocenters. The summed E-state index contributed by atoms with van der Waals surface area (Å²) in [5.74, 6) is 0.488. The number of esters is 1. The first-order chi connectivity index (χ1) is 11.2. The van der Waals surface area contributed by atoms with Crippen LogP contribution in [0.5, 0.6) is 5.75 Å². The molecule has 3 aromatic rings. The number of carbonyl (C=O) groups excluding carboxylic acids is 1. The number of methoxy groups -OCH3 is 1. The summed E-state index contributed by atoms with van der Waals surface area (Å²) in [4.78, 5) is 15.5. The normalized spacial score (nSPS) is 10.7. The number of nitrogens with one attached hydrogen (secondary N) is 1. The molecule has 0 fully saturated rings. The molecule has 1 aromatic heterocycles. The van der Waals surface area contributed by atoms with Crippen molar-refractivity contribution >= 4 is 16.9 Å². The molecular formula is C19H19NO3. The number of fused-ring (bicyclic) bond motifs is 1. The lowest BCUT2D eigenvalue weighted by Gasteiger charge is -2.07. The van der Waals surface area contributed by atoms with Crippen molar-refractivity contribution in [3.63, 3.8) is 0 Å². The van der Waals surface area contributed by atoms with Crippen LogP contribution in [0.4, 0.5) is 0 Å². The molecular weight excluding hydrogens is 290 g/mol. The summed E-state index contributed by atoms with van der Waals surface area (Å²) in [6.07, 6.45) is 0.634. The van der Waals surface area contributed by atoms with Crippen LogP contribution in [0.15, 0.2) is 48.5 Å². The maximum atomic E-state index is 12.3. The Hall–Kier alpha value is -2.75. The first-order valence-electron chi connectivity index (χ1n) is 7.62. The van der Waals surface area contributed by atoms with Crippen molar-refractivity contribution in [3.05, 3.63) is 65.4 Å². The van der Waals surface area contributed by atoms with Gasteiger partial charge in [-0.15, -0.1) is 0 Å². The lowest BCUT2D eigenvalue weighted by atomic mass is 10.0. The smallest absolute Gasteiger partial charge is 0.355 e. The standard InChI is InChI=1S/C19H19NO3/c1-3-23-19(21)18-16(15-9-4-5-10-17(15)20-18)12-13-7-6-8-14(11-13)22-2/h4-11,20H,3,12H2,1-2H3. The topological polar surface area (TPSA) is 51.3 Å². The monoisotopic (exact) mass is 309 g/mol. The van der Waals surface area contributed by atoms with Gasteiger partial charge in [-0.05, 0) is 36.2 Å². The molecule has 0 unspecified atom stereocenters. The van der Waals surface area contributed by atoms with Gasteiger partial charge >= 0.3 is 5.97 Å². The fourth-order valence-electron chi connectivity index (χ4n) is 2.75. The van der Waals surface area contributed by atoms with Gasteiger partial charge in [-0.25, -0.2) is 4.79 Å². The maximum Gasteiger partial charge on any atom is 0.355 e. The second-order valence-electron chi connectivity index (χ2n) is 5.27. The van der Waals surface area contributed by atoms with Crippen molar-refractivity contribution < 1.29 is 14.3 Å². The van der Waals surface area contributed by atoms with Crippen LogP contribution in [0.2, 0.25) is 0 Å². The summed E-state index contributed by atoms with van der Waals surface area (Å²) in [5.41, 5.74) is 3.50. The van der Waals surface area contributed by atoms with E-state index < -0.39 is 0 Å². The van der Waals surface area contributed by atoms with Crippen molar-refractivity contribution in [1.82, 2.24) is 4.98 Å². The fourth-order valence-corrected chi connectivity index (χ4v) is 2.75. The molecule has 0 amide bonds. The minimum absolute atomic E-state index is 0.318. The maximum absolute atomic E-state index is 12.3. The Morgan fingerprint density at radius 3 is 2.74 bits per heavy atom. The molecule has 1 N–H and O–H groups in total. The predicted molar refractivity (Wildman–Crippen MR) is 90.1 cm³/mol. The van der Waals surface area contributed by atoms with Gasteiger partial charge in [0.25, 0.3) is 0 Å². The van der Waals surface area contributed by atoms with Crippen LogP contribution < -0.4 is 4.74 Å². The number of H-pyrrole nitrogens is 1. The van der Waals surface area contributed by atoms with E-state index in [2.05, 4.69) is 4.98 Å². The Morgan fingerprint density at radius 1 is 1.13 bits per heavy atom. The highest BCUT2D eigenvalue weighted by Gasteiger charge is 2.18. The molecule has 0 saturated heterocycles. The number of aromatic amines is 1. The first kappa shape index (κ1) is 15.2. The lowest BCUT2D eigenvalue weighted by molar-refractivity contribution is 0.0519. The minimum atomic E-state index is -0.318.